The molecule has 1 saturated heterocycles. The molecule has 0 aliphatic carbocycles. The third-order valence-electron chi connectivity index (χ3n) is 2.90. The van der Waals surface area contributed by atoms with Gasteiger partial charge >= 0.3 is 0 Å². The highest BCUT2D eigenvalue weighted by Crippen LogP contribution is 2.23. The van der Waals surface area contributed by atoms with E-state index in [-0.39, 0.29) is 10.9 Å². The molecule has 1 N–H and O–H groups in total. The second-order valence-corrected chi connectivity index (χ2v) is 6.25. The van der Waals surface area contributed by atoms with Crippen molar-refractivity contribution in [3.8, 4) is 0 Å². The Morgan fingerprint density at radius 3 is 2.71 bits per heavy atom. The second kappa shape index (κ2) is 4.40. The van der Waals surface area contributed by atoms with Gasteiger partial charge < -0.3 is 9.84 Å². The van der Waals surface area contributed by atoms with Gasteiger partial charge in [-0.1, -0.05) is 5.16 Å². The maximum atomic E-state index is 12.4. The van der Waals surface area contributed by atoms with Gasteiger partial charge in [-0.2, -0.15) is 4.31 Å². The summed E-state index contributed by atoms with van der Waals surface area (Å²) >= 11 is 0. The fraction of sp³-hybridized carbons (Fsp3) is 0.700. The van der Waals surface area contributed by atoms with Crippen LogP contribution in [0.4, 0.5) is 0 Å². The molecule has 2 heterocycles. The van der Waals surface area contributed by atoms with Crippen molar-refractivity contribution in [2.24, 2.45) is 0 Å². The Balaban J connectivity index is 2.36. The number of rotatable bonds is 2. The maximum Gasteiger partial charge on any atom is 0.248 e. The molecule has 1 aliphatic rings. The largest absolute Gasteiger partial charge is 0.360 e. The van der Waals surface area contributed by atoms with Crippen LogP contribution >= 0.6 is 0 Å². The van der Waals surface area contributed by atoms with Crippen molar-refractivity contribution in [1.29, 1.82) is 0 Å². The van der Waals surface area contributed by atoms with Gasteiger partial charge in [0.05, 0.1) is 0 Å². The summed E-state index contributed by atoms with van der Waals surface area (Å²) < 4.78 is 31.3. The summed E-state index contributed by atoms with van der Waals surface area (Å²) in [6, 6.07) is 0.166. The molecule has 1 fully saturated rings. The van der Waals surface area contributed by atoms with E-state index >= 15 is 0 Å². The van der Waals surface area contributed by atoms with Gasteiger partial charge in [-0.25, -0.2) is 8.42 Å². The van der Waals surface area contributed by atoms with Crippen LogP contribution in [-0.2, 0) is 10.0 Å². The molecule has 0 spiro atoms. The molecule has 1 aliphatic heterocycles. The van der Waals surface area contributed by atoms with E-state index in [1.54, 1.807) is 13.8 Å². The zero-order valence-electron chi connectivity index (χ0n) is 10.2. The van der Waals surface area contributed by atoms with E-state index in [0.29, 0.717) is 31.1 Å². The van der Waals surface area contributed by atoms with Gasteiger partial charge in [-0.15, -0.1) is 0 Å². The highest BCUT2D eigenvalue weighted by molar-refractivity contribution is 7.89. The Morgan fingerprint density at radius 1 is 1.47 bits per heavy atom. The van der Waals surface area contributed by atoms with E-state index < -0.39 is 10.0 Å². The monoisotopic (exact) mass is 259 g/mol. The Hall–Kier alpha value is -0.920. The summed E-state index contributed by atoms with van der Waals surface area (Å²) in [5, 5.41) is 6.91. The van der Waals surface area contributed by atoms with Crippen molar-refractivity contribution in [2.75, 3.05) is 19.6 Å². The van der Waals surface area contributed by atoms with Crippen LogP contribution in [0.3, 0.4) is 0 Å². The molecule has 0 amide bonds. The number of sulfonamides is 1. The minimum atomic E-state index is -3.48. The first-order valence-corrected chi connectivity index (χ1v) is 7.03. The number of nitrogens with one attached hydrogen (secondary N) is 1. The number of aromatic nitrogens is 1. The second-order valence-electron chi connectivity index (χ2n) is 4.37. The standard InChI is InChI=1S/C10H17N3O3S/c1-7-6-13(5-4-11-7)17(14,15)10-8(2)12-16-9(10)3/h7,11H,4-6H2,1-3H3/t7-/m1/s1. The molecule has 1 aromatic heterocycles. The Morgan fingerprint density at radius 2 is 2.18 bits per heavy atom. The number of hydrogen-bond acceptors (Lipinski definition) is 5. The molecule has 0 radical (unpaired) electrons. The van der Waals surface area contributed by atoms with Crippen LogP contribution in [0.1, 0.15) is 18.4 Å². The van der Waals surface area contributed by atoms with Crippen molar-refractivity contribution in [3.63, 3.8) is 0 Å². The van der Waals surface area contributed by atoms with Crippen molar-refractivity contribution in [2.45, 2.75) is 31.7 Å². The first kappa shape index (κ1) is 12.5. The molecular weight excluding hydrogens is 242 g/mol. The van der Waals surface area contributed by atoms with Crippen LogP contribution in [0.5, 0.6) is 0 Å². The lowest BCUT2D eigenvalue weighted by Crippen LogP contribution is -2.51. The van der Waals surface area contributed by atoms with E-state index in [9.17, 15) is 8.42 Å². The van der Waals surface area contributed by atoms with Gasteiger partial charge in [0, 0.05) is 25.7 Å². The summed E-state index contributed by atoms with van der Waals surface area (Å²) in [6.45, 7) is 6.87. The zero-order chi connectivity index (χ0) is 12.6. The normalized spacial score (nSPS) is 22.9. The third kappa shape index (κ3) is 2.22. The fourth-order valence-corrected chi connectivity index (χ4v) is 3.91. The molecule has 0 unspecified atom stereocenters. The molecule has 96 valence electrons. The van der Waals surface area contributed by atoms with Crippen LogP contribution < -0.4 is 5.32 Å². The van der Waals surface area contributed by atoms with E-state index in [1.807, 2.05) is 6.92 Å². The van der Waals surface area contributed by atoms with Crippen LogP contribution in [0.15, 0.2) is 9.42 Å². The summed E-state index contributed by atoms with van der Waals surface area (Å²) in [5.74, 6) is 0.355. The van der Waals surface area contributed by atoms with Gasteiger partial charge in [-0.3, -0.25) is 0 Å². The highest BCUT2D eigenvalue weighted by Gasteiger charge is 2.33. The molecule has 0 aromatic carbocycles. The SMILES string of the molecule is Cc1noc(C)c1S(=O)(=O)N1CCN[C@H](C)C1. The molecule has 2 rings (SSSR count). The van der Waals surface area contributed by atoms with Gasteiger partial charge in [0.25, 0.3) is 0 Å². The maximum absolute atomic E-state index is 12.4. The van der Waals surface area contributed by atoms with Crippen LogP contribution in [0.25, 0.3) is 0 Å². The van der Waals surface area contributed by atoms with E-state index in [0.717, 1.165) is 0 Å². The number of nitrogens with zero attached hydrogens (tertiary/aromatic N) is 2. The number of aryl methyl sites for hydroxylation is 2. The Kier molecular flexibility index (Phi) is 3.24. The molecule has 1 aromatic rings. The molecule has 1 atom stereocenters. The van der Waals surface area contributed by atoms with Crippen molar-refractivity contribution in [3.05, 3.63) is 11.5 Å². The summed E-state index contributed by atoms with van der Waals surface area (Å²) in [5.41, 5.74) is 0.425. The lowest BCUT2D eigenvalue weighted by atomic mass is 10.3. The van der Waals surface area contributed by atoms with Gasteiger partial charge in [0.15, 0.2) is 5.76 Å². The molecule has 0 bridgehead atoms. The average molecular weight is 259 g/mol. The van der Waals surface area contributed by atoms with E-state index in [1.165, 1.54) is 4.31 Å². The number of piperazine rings is 1. The van der Waals surface area contributed by atoms with Gasteiger partial charge in [0.1, 0.15) is 10.6 Å². The Labute approximate surface area is 101 Å². The molecule has 6 nitrogen and oxygen atoms in total. The van der Waals surface area contributed by atoms with Gasteiger partial charge in [-0.05, 0) is 20.8 Å². The molecule has 7 heteroatoms. The first-order chi connectivity index (χ1) is 7.93. The van der Waals surface area contributed by atoms with Gasteiger partial charge in [0.2, 0.25) is 10.0 Å². The summed E-state index contributed by atoms with van der Waals surface area (Å²) in [4.78, 5) is 0.214. The van der Waals surface area contributed by atoms with Crippen molar-refractivity contribution < 1.29 is 12.9 Å². The zero-order valence-corrected chi connectivity index (χ0v) is 11.0. The average Bonchev–Trinajstić information content (AvgIpc) is 2.59. The molecular formula is C10H17N3O3S. The molecule has 17 heavy (non-hydrogen) atoms. The third-order valence-corrected chi connectivity index (χ3v) is 5.01. The van der Waals surface area contributed by atoms with Crippen LogP contribution in [0.2, 0.25) is 0 Å². The van der Waals surface area contributed by atoms with Crippen LogP contribution in [0, 0.1) is 13.8 Å². The topological polar surface area (TPSA) is 75.4 Å². The van der Waals surface area contributed by atoms with E-state index in [2.05, 4.69) is 10.5 Å². The highest BCUT2D eigenvalue weighted by atomic mass is 32.2. The lowest BCUT2D eigenvalue weighted by Gasteiger charge is -2.30. The van der Waals surface area contributed by atoms with E-state index in [4.69, 9.17) is 4.52 Å². The fourth-order valence-electron chi connectivity index (χ4n) is 2.09. The predicted molar refractivity (Wildman–Crippen MR) is 62.2 cm³/mol. The van der Waals surface area contributed by atoms with Crippen LogP contribution in [-0.4, -0.2) is 43.6 Å². The molecule has 0 saturated carbocycles. The first-order valence-electron chi connectivity index (χ1n) is 5.59. The minimum absolute atomic E-state index is 0.166. The summed E-state index contributed by atoms with van der Waals surface area (Å²) in [6.07, 6.45) is 0. The summed E-state index contributed by atoms with van der Waals surface area (Å²) in [7, 11) is -3.48. The van der Waals surface area contributed by atoms with Crippen molar-refractivity contribution in [1.82, 2.24) is 14.8 Å². The smallest absolute Gasteiger partial charge is 0.248 e. The quantitative estimate of drug-likeness (QED) is 0.825. The number of hydrogen-bond donors (Lipinski definition) is 1. The Bertz CT molecular complexity index is 489. The lowest BCUT2D eigenvalue weighted by molar-refractivity contribution is 0.309. The minimum Gasteiger partial charge on any atom is -0.360 e. The van der Waals surface area contributed by atoms with Crippen molar-refractivity contribution >= 4 is 10.0 Å². The predicted octanol–water partition coefficient (Wildman–Crippen LogP) is 0.274.